The number of unbranched alkanes of at least 4 members (excludes halogenated alkanes) is 2. The lowest BCUT2D eigenvalue weighted by molar-refractivity contribution is -0.119. The van der Waals surface area contributed by atoms with Crippen LogP contribution in [0.15, 0.2) is 59.8 Å². The zero-order valence-electron chi connectivity index (χ0n) is 25.3. The van der Waals surface area contributed by atoms with Gasteiger partial charge in [0.15, 0.2) is 5.69 Å². The Morgan fingerprint density at radius 3 is 2.59 bits per heavy atom. The van der Waals surface area contributed by atoms with Crippen molar-refractivity contribution in [1.82, 2.24) is 14.0 Å². The predicted octanol–water partition coefficient (Wildman–Crippen LogP) is 6.66. The molecular weight excluding hydrogens is 582 g/mol. The normalized spacial score (nSPS) is 12.4. The van der Waals surface area contributed by atoms with E-state index >= 15 is 0 Å². The molecule has 0 bridgehead atoms. The molecule has 230 valence electrons. The molecule has 1 N–H and O–H groups in total. The largest absolute Gasteiger partial charge is 0.495 e. The second-order valence-electron chi connectivity index (χ2n) is 10.7. The summed E-state index contributed by atoms with van der Waals surface area (Å²) < 4.78 is 13.7. The molecule has 1 aromatic carbocycles. The second-order valence-corrected chi connectivity index (χ2v) is 11.1. The van der Waals surface area contributed by atoms with Crippen molar-refractivity contribution in [2.75, 3.05) is 19.0 Å². The summed E-state index contributed by atoms with van der Waals surface area (Å²) in [6.45, 7) is 6.17. The van der Waals surface area contributed by atoms with Gasteiger partial charge in [0.1, 0.15) is 17.4 Å². The minimum atomic E-state index is -0.856. The van der Waals surface area contributed by atoms with Gasteiger partial charge in [0.05, 0.1) is 37.2 Å². The summed E-state index contributed by atoms with van der Waals surface area (Å²) in [6.07, 6.45) is 9.23. The first kappa shape index (κ1) is 32.3. The van der Waals surface area contributed by atoms with E-state index < -0.39 is 17.6 Å². The highest BCUT2D eigenvalue weighted by molar-refractivity contribution is 6.31. The number of carbonyl (C=O) groups excluding carboxylic acids is 2. The highest BCUT2D eigenvalue weighted by Crippen LogP contribution is 2.34. The minimum absolute atomic E-state index is 0.149. The number of pyridine rings is 2. The minimum Gasteiger partial charge on any atom is -0.495 e. The third kappa shape index (κ3) is 7.47. The Bertz CT molecular complexity index is 1760. The van der Waals surface area contributed by atoms with Gasteiger partial charge in [0.2, 0.25) is 5.91 Å². The van der Waals surface area contributed by atoms with Crippen LogP contribution in [0.5, 0.6) is 5.75 Å². The molecule has 0 saturated carbocycles. The molecule has 0 aliphatic carbocycles. The third-order valence-corrected chi connectivity index (χ3v) is 7.66. The molecule has 1 unspecified atom stereocenters. The van der Waals surface area contributed by atoms with Gasteiger partial charge in [-0.3, -0.25) is 14.2 Å². The number of nitrogens with zero attached hydrogens (tertiary/aromatic N) is 4. The van der Waals surface area contributed by atoms with Crippen LogP contribution in [0.3, 0.4) is 0 Å². The van der Waals surface area contributed by atoms with Crippen molar-refractivity contribution in [3.63, 3.8) is 0 Å². The molecule has 3 aromatic heterocycles. The van der Waals surface area contributed by atoms with Crippen molar-refractivity contribution >= 4 is 34.8 Å². The number of nitriles is 1. The van der Waals surface area contributed by atoms with Crippen molar-refractivity contribution in [2.24, 2.45) is 5.92 Å². The summed E-state index contributed by atoms with van der Waals surface area (Å²) in [5, 5.41) is 13.0. The van der Waals surface area contributed by atoms with Crippen LogP contribution in [0.1, 0.15) is 75.0 Å². The van der Waals surface area contributed by atoms with E-state index in [2.05, 4.69) is 30.2 Å². The number of esters is 1. The molecule has 0 spiro atoms. The lowest BCUT2D eigenvalue weighted by Crippen LogP contribution is -2.34. The number of fused-ring (bicyclic) bond motifs is 1. The monoisotopic (exact) mass is 617 g/mol. The van der Waals surface area contributed by atoms with E-state index in [1.54, 1.807) is 47.9 Å². The summed E-state index contributed by atoms with van der Waals surface area (Å²) in [5.41, 5.74) is 1.93. The Morgan fingerprint density at radius 2 is 1.89 bits per heavy atom. The number of methoxy groups -OCH3 is 1. The average molecular weight is 618 g/mol. The number of amides is 1. The smallest absolute Gasteiger partial charge is 0.358 e. The number of aromatic nitrogens is 3. The van der Waals surface area contributed by atoms with Gasteiger partial charge in [-0.15, -0.1) is 0 Å². The van der Waals surface area contributed by atoms with Gasteiger partial charge in [-0.05, 0) is 49.6 Å². The number of benzene rings is 1. The first-order valence-corrected chi connectivity index (χ1v) is 15.0. The maximum atomic E-state index is 13.9. The molecule has 1 amide bonds. The maximum Gasteiger partial charge on any atom is 0.358 e. The molecule has 4 rings (SSSR count). The van der Waals surface area contributed by atoms with Gasteiger partial charge in [-0.25, -0.2) is 9.78 Å². The maximum absolute atomic E-state index is 13.9. The fraction of sp³-hybridized carbons (Fsp3) is 0.364. The van der Waals surface area contributed by atoms with E-state index in [9.17, 15) is 19.6 Å². The lowest BCUT2D eigenvalue weighted by Gasteiger charge is -2.24. The SMILES string of the molecule is CCCCC[C@H](C)CC(C(=O)Nc1ccc2nc(C(=O)OCC)cn2c1)n1cc(OC)c(-c2cc(Cl)ccc2C#N)cc1=O. The number of rotatable bonds is 13. The Labute approximate surface area is 261 Å². The second kappa shape index (κ2) is 14.7. The number of imidazole rings is 1. The third-order valence-electron chi connectivity index (χ3n) is 7.42. The van der Waals surface area contributed by atoms with E-state index in [1.807, 2.05) is 0 Å². The van der Waals surface area contributed by atoms with E-state index in [4.69, 9.17) is 21.1 Å². The van der Waals surface area contributed by atoms with Crippen LogP contribution in [-0.4, -0.2) is 39.5 Å². The number of anilines is 1. The number of hydrogen-bond acceptors (Lipinski definition) is 7. The van der Waals surface area contributed by atoms with Crippen LogP contribution in [0.2, 0.25) is 5.02 Å². The Balaban J connectivity index is 1.71. The van der Waals surface area contributed by atoms with Gasteiger partial charge in [-0.1, -0.05) is 51.1 Å². The van der Waals surface area contributed by atoms with Gasteiger partial charge >= 0.3 is 5.97 Å². The van der Waals surface area contributed by atoms with Crippen LogP contribution < -0.4 is 15.6 Å². The highest BCUT2D eigenvalue weighted by Gasteiger charge is 2.26. The molecule has 44 heavy (non-hydrogen) atoms. The number of ether oxygens (including phenoxy) is 2. The molecule has 11 heteroatoms. The van der Waals surface area contributed by atoms with E-state index in [0.29, 0.717) is 45.2 Å². The summed E-state index contributed by atoms with van der Waals surface area (Å²) >= 11 is 6.22. The molecule has 4 aromatic rings. The summed E-state index contributed by atoms with van der Waals surface area (Å²) in [5.74, 6) is -0.437. The number of carbonyl (C=O) groups is 2. The molecular formula is C33H36ClN5O5. The van der Waals surface area contributed by atoms with Crippen LogP contribution in [0, 0.1) is 17.2 Å². The molecule has 0 fully saturated rings. The van der Waals surface area contributed by atoms with Gasteiger partial charge < -0.3 is 19.2 Å². The quantitative estimate of drug-likeness (QED) is 0.131. The standard InChI is InChI=1S/C33H36ClN5O5/c1-5-7-8-9-21(3)14-28(32(41)36-24-12-13-30-37-27(19-38(30)18-24)33(42)44-6-2)39-20-29(43-4)26(16-31(39)40)25-15-23(34)11-10-22(25)17-35/h10-13,15-16,18-21,28H,5-9,14H2,1-4H3,(H,36,41)/t21-,28?/m0/s1. The molecule has 0 saturated heterocycles. The van der Waals surface area contributed by atoms with Gasteiger partial charge in [0, 0.05) is 34.6 Å². The van der Waals surface area contributed by atoms with Crippen molar-refractivity contribution in [2.45, 2.75) is 58.9 Å². The predicted molar refractivity (Wildman–Crippen MR) is 169 cm³/mol. The topological polar surface area (TPSA) is 128 Å². The Kier molecular flexibility index (Phi) is 10.8. The first-order chi connectivity index (χ1) is 21.2. The number of halogens is 1. The number of hydrogen-bond donors (Lipinski definition) is 1. The molecule has 3 heterocycles. The van der Waals surface area contributed by atoms with E-state index in [-0.39, 0.29) is 24.1 Å². The van der Waals surface area contributed by atoms with E-state index in [0.717, 1.165) is 25.7 Å². The summed E-state index contributed by atoms with van der Waals surface area (Å²) in [6, 6.07) is 10.8. The van der Waals surface area contributed by atoms with Crippen molar-refractivity contribution in [3.8, 4) is 22.9 Å². The molecule has 0 radical (unpaired) electrons. The van der Waals surface area contributed by atoms with Crippen LogP contribution in [0.25, 0.3) is 16.8 Å². The Morgan fingerprint density at radius 1 is 1.09 bits per heavy atom. The highest BCUT2D eigenvalue weighted by atomic mass is 35.5. The first-order valence-electron chi connectivity index (χ1n) is 14.7. The molecule has 2 atom stereocenters. The van der Waals surface area contributed by atoms with Crippen molar-refractivity contribution in [1.29, 1.82) is 5.26 Å². The van der Waals surface area contributed by atoms with Crippen molar-refractivity contribution in [3.05, 3.63) is 81.6 Å². The van der Waals surface area contributed by atoms with Crippen LogP contribution in [-0.2, 0) is 9.53 Å². The Hall–Kier alpha value is -4.62. The van der Waals surface area contributed by atoms with Gasteiger partial charge in [-0.2, -0.15) is 5.26 Å². The lowest BCUT2D eigenvalue weighted by atomic mass is 9.94. The van der Waals surface area contributed by atoms with Crippen molar-refractivity contribution < 1.29 is 19.1 Å². The molecule has 10 nitrogen and oxygen atoms in total. The van der Waals surface area contributed by atoms with Crippen LogP contribution in [0.4, 0.5) is 5.69 Å². The average Bonchev–Trinajstić information content (AvgIpc) is 3.44. The molecule has 0 aliphatic heterocycles. The summed E-state index contributed by atoms with van der Waals surface area (Å²) in [7, 11) is 1.47. The van der Waals surface area contributed by atoms with Crippen LogP contribution >= 0.6 is 11.6 Å². The number of nitrogens with one attached hydrogen (secondary N) is 1. The van der Waals surface area contributed by atoms with E-state index in [1.165, 1.54) is 30.1 Å². The zero-order chi connectivity index (χ0) is 31.8. The summed E-state index contributed by atoms with van der Waals surface area (Å²) in [4.78, 5) is 44.0. The fourth-order valence-electron chi connectivity index (χ4n) is 5.17. The zero-order valence-corrected chi connectivity index (χ0v) is 26.1. The fourth-order valence-corrected chi connectivity index (χ4v) is 5.34. The molecule has 0 aliphatic rings. The van der Waals surface area contributed by atoms with Gasteiger partial charge in [0.25, 0.3) is 5.56 Å².